The quantitative estimate of drug-likeness (QED) is 0.531. The summed E-state index contributed by atoms with van der Waals surface area (Å²) >= 11 is 0. The summed E-state index contributed by atoms with van der Waals surface area (Å²) in [7, 11) is -2.22. The van der Waals surface area contributed by atoms with Crippen LogP contribution in [0, 0.1) is 0 Å². The molecule has 0 spiro atoms. The molecule has 0 aliphatic heterocycles. The van der Waals surface area contributed by atoms with Crippen molar-refractivity contribution in [2.24, 2.45) is 5.73 Å². The van der Waals surface area contributed by atoms with Crippen LogP contribution in [0.3, 0.4) is 0 Å². The molecule has 168 valence electrons. The van der Waals surface area contributed by atoms with E-state index in [0.29, 0.717) is 17.1 Å². The van der Waals surface area contributed by atoms with E-state index in [-0.39, 0.29) is 24.0 Å². The lowest BCUT2D eigenvalue weighted by molar-refractivity contribution is -0.119. The number of primary amides is 1. The number of hydrogen-bond donors (Lipinski definition) is 3. The van der Waals surface area contributed by atoms with Crippen molar-refractivity contribution in [3.63, 3.8) is 0 Å². The van der Waals surface area contributed by atoms with Gasteiger partial charge in [0.25, 0.3) is 11.8 Å². The lowest BCUT2D eigenvalue weighted by atomic mass is 10.1. The van der Waals surface area contributed by atoms with E-state index in [4.69, 9.17) is 15.2 Å². The van der Waals surface area contributed by atoms with Gasteiger partial charge in [-0.3, -0.25) is 9.59 Å². The first-order chi connectivity index (χ1) is 14.4. The van der Waals surface area contributed by atoms with Gasteiger partial charge in [0, 0.05) is 17.6 Å². The Kier molecular flexibility index (Phi) is 7.64. The number of methoxy groups -OCH3 is 1. The van der Waals surface area contributed by atoms with Crippen molar-refractivity contribution in [3.8, 4) is 11.5 Å². The zero-order valence-electron chi connectivity index (χ0n) is 17.9. The maximum absolute atomic E-state index is 12.4. The molecule has 4 N–H and O–H groups in total. The van der Waals surface area contributed by atoms with Crippen molar-refractivity contribution >= 4 is 21.8 Å². The lowest BCUT2D eigenvalue weighted by Crippen LogP contribution is -2.40. The van der Waals surface area contributed by atoms with Gasteiger partial charge in [0.1, 0.15) is 0 Å². The number of carbonyl (C=O) groups excluding carboxylic acids is 2. The molecule has 0 heterocycles. The molecule has 0 bridgehead atoms. The van der Waals surface area contributed by atoms with Crippen molar-refractivity contribution in [2.75, 3.05) is 13.7 Å². The Morgan fingerprint density at radius 3 is 2.23 bits per heavy atom. The summed E-state index contributed by atoms with van der Waals surface area (Å²) in [4.78, 5) is 23.4. The van der Waals surface area contributed by atoms with E-state index in [1.165, 1.54) is 31.4 Å². The zero-order valence-corrected chi connectivity index (χ0v) is 18.7. The number of hydrogen-bond acceptors (Lipinski definition) is 6. The SMILES string of the molecule is COc1cc(CNC(=O)c2ccc(S(=O)(=O)NC(C)(C)C)cc2)ccc1OCC(N)=O. The van der Waals surface area contributed by atoms with Gasteiger partial charge in [-0.15, -0.1) is 0 Å². The lowest BCUT2D eigenvalue weighted by Gasteiger charge is -2.20. The average Bonchev–Trinajstić information content (AvgIpc) is 2.69. The van der Waals surface area contributed by atoms with Crippen LogP contribution in [0.15, 0.2) is 47.4 Å². The van der Waals surface area contributed by atoms with E-state index in [1.807, 2.05) is 0 Å². The predicted molar refractivity (Wildman–Crippen MR) is 115 cm³/mol. The minimum Gasteiger partial charge on any atom is -0.493 e. The summed E-state index contributed by atoms with van der Waals surface area (Å²) in [6.07, 6.45) is 0. The van der Waals surface area contributed by atoms with Crippen molar-refractivity contribution in [1.29, 1.82) is 0 Å². The molecule has 0 saturated heterocycles. The molecule has 31 heavy (non-hydrogen) atoms. The van der Waals surface area contributed by atoms with E-state index in [2.05, 4.69) is 10.0 Å². The molecular formula is C21H27N3O6S. The summed E-state index contributed by atoms with van der Waals surface area (Å²) in [6, 6.07) is 10.7. The fraction of sp³-hybridized carbons (Fsp3) is 0.333. The van der Waals surface area contributed by atoms with E-state index in [9.17, 15) is 18.0 Å². The molecule has 0 unspecified atom stereocenters. The molecule has 2 rings (SSSR count). The molecule has 0 fully saturated rings. The second-order valence-corrected chi connectivity index (χ2v) is 9.49. The number of rotatable bonds is 9. The number of benzene rings is 2. The molecule has 0 atom stereocenters. The topological polar surface area (TPSA) is 137 Å². The summed E-state index contributed by atoms with van der Waals surface area (Å²) in [5, 5.41) is 2.76. The first-order valence-corrected chi connectivity index (χ1v) is 10.9. The second kappa shape index (κ2) is 9.80. The molecule has 10 heteroatoms. The van der Waals surface area contributed by atoms with Crippen LogP contribution in [-0.2, 0) is 21.4 Å². The van der Waals surface area contributed by atoms with Gasteiger partial charge in [-0.05, 0) is 62.7 Å². The summed E-state index contributed by atoms with van der Waals surface area (Å²) in [5.41, 5.74) is 5.52. The first-order valence-electron chi connectivity index (χ1n) is 9.41. The van der Waals surface area contributed by atoms with Gasteiger partial charge in [0.15, 0.2) is 18.1 Å². The number of nitrogens with one attached hydrogen (secondary N) is 2. The van der Waals surface area contributed by atoms with Crippen molar-refractivity contribution < 1.29 is 27.5 Å². The van der Waals surface area contributed by atoms with Crippen molar-refractivity contribution in [3.05, 3.63) is 53.6 Å². The van der Waals surface area contributed by atoms with Crippen LogP contribution >= 0.6 is 0 Å². The summed E-state index contributed by atoms with van der Waals surface area (Å²) in [5.74, 6) is -0.210. The van der Waals surface area contributed by atoms with Crippen LogP contribution in [0.5, 0.6) is 11.5 Å². The molecule has 2 amide bonds. The van der Waals surface area contributed by atoms with E-state index >= 15 is 0 Å². The average molecular weight is 450 g/mol. The molecule has 0 aromatic heterocycles. The smallest absolute Gasteiger partial charge is 0.255 e. The van der Waals surface area contributed by atoms with Crippen LogP contribution in [0.25, 0.3) is 0 Å². The normalized spacial score (nSPS) is 11.6. The number of ether oxygens (including phenoxy) is 2. The largest absolute Gasteiger partial charge is 0.493 e. The number of nitrogens with two attached hydrogens (primary N) is 1. The van der Waals surface area contributed by atoms with Crippen LogP contribution in [0.2, 0.25) is 0 Å². The second-order valence-electron chi connectivity index (χ2n) is 7.80. The van der Waals surface area contributed by atoms with Gasteiger partial charge in [0.05, 0.1) is 12.0 Å². The van der Waals surface area contributed by atoms with Crippen molar-refractivity contribution in [2.45, 2.75) is 37.8 Å². The van der Waals surface area contributed by atoms with Gasteiger partial charge in [0.2, 0.25) is 10.0 Å². The van der Waals surface area contributed by atoms with Crippen LogP contribution < -0.4 is 25.2 Å². The van der Waals surface area contributed by atoms with E-state index in [1.54, 1.807) is 39.0 Å². The molecule has 0 aliphatic rings. The van der Waals surface area contributed by atoms with Gasteiger partial charge >= 0.3 is 0 Å². The molecule has 2 aromatic carbocycles. The summed E-state index contributed by atoms with van der Waals surface area (Å²) < 4.78 is 37.8. The minimum atomic E-state index is -3.67. The number of carbonyl (C=O) groups is 2. The van der Waals surface area contributed by atoms with E-state index in [0.717, 1.165) is 5.56 Å². The Morgan fingerprint density at radius 1 is 1.03 bits per heavy atom. The van der Waals surface area contributed by atoms with Gasteiger partial charge in [-0.2, -0.15) is 0 Å². The molecule has 0 radical (unpaired) electrons. The monoisotopic (exact) mass is 449 g/mol. The maximum atomic E-state index is 12.4. The third-order valence-electron chi connectivity index (χ3n) is 3.92. The van der Waals surface area contributed by atoms with Gasteiger partial charge in [-0.25, -0.2) is 13.1 Å². The highest BCUT2D eigenvalue weighted by atomic mass is 32.2. The highest BCUT2D eigenvalue weighted by molar-refractivity contribution is 7.89. The van der Waals surface area contributed by atoms with E-state index < -0.39 is 21.5 Å². The molecule has 0 saturated carbocycles. The highest BCUT2D eigenvalue weighted by Crippen LogP contribution is 2.28. The fourth-order valence-corrected chi connectivity index (χ4v) is 4.04. The third-order valence-corrected chi connectivity index (χ3v) is 5.69. The molecular weight excluding hydrogens is 422 g/mol. The fourth-order valence-electron chi connectivity index (χ4n) is 2.62. The van der Waals surface area contributed by atoms with Crippen molar-refractivity contribution in [1.82, 2.24) is 10.0 Å². The van der Waals surface area contributed by atoms with Crippen LogP contribution in [-0.4, -0.2) is 39.5 Å². The van der Waals surface area contributed by atoms with Gasteiger partial charge in [-0.1, -0.05) is 6.07 Å². The van der Waals surface area contributed by atoms with Crippen LogP contribution in [0.4, 0.5) is 0 Å². The zero-order chi connectivity index (χ0) is 23.2. The predicted octanol–water partition coefficient (Wildman–Crippen LogP) is 1.57. The number of sulfonamides is 1. The Balaban J connectivity index is 2.03. The molecule has 0 aliphatic carbocycles. The Morgan fingerprint density at radius 2 is 1.68 bits per heavy atom. The van der Waals surface area contributed by atoms with Gasteiger partial charge < -0.3 is 20.5 Å². The summed E-state index contributed by atoms with van der Waals surface area (Å²) in [6.45, 7) is 5.17. The third kappa shape index (κ3) is 7.26. The Labute approximate surface area is 182 Å². The van der Waals surface area contributed by atoms with Crippen LogP contribution in [0.1, 0.15) is 36.7 Å². The maximum Gasteiger partial charge on any atom is 0.255 e. The Bertz CT molecular complexity index is 1040. The first kappa shape index (κ1) is 24.2. The molecule has 9 nitrogen and oxygen atoms in total. The number of amides is 2. The highest BCUT2D eigenvalue weighted by Gasteiger charge is 2.22. The minimum absolute atomic E-state index is 0.0789. The molecule has 2 aromatic rings. The Hall–Kier alpha value is -3.11. The standard InChI is InChI=1S/C21H27N3O6S/c1-21(2,3)24-31(27,28)16-8-6-15(7-9-16)20(26)23-12-14-5-10-17(18(11-14)29-4)30-13-19(22)25/h5-11,24H,12-13H2,1-4H3,(H2,22,25)(H,23,26).